The van der Waals surface area contributed by atoms with Gasteiger partial charge in [0.25, 0.3) is 5.91 Å². The second-order valence-corrected chi connectivity index (χ2v) is 6.73. The Labute approximate surface area is 140 Å². The Morgan fingerprint density at radius 1 is 1.38 bits per heavy atom. The summed E-state index contributed by atoms with van der Waals surface area (Å²) in [5, 5.41) is 7.49. The van der Waals surface area contributed by atoms with Crippen molar-refractivity contribution in [3.05, 3.63) is 23.7 Å². The molecular weight excluding hydrogens is 314 g/mol. The molecule has 2 rings (SSSR count). The predicted octanol–water partition coefficient (Wildman–Crippen LogP) is 0.109. The van der Waals surface area contributed by atoms with Gasteiger partial charge >= 0.3 is 12.1 Å². The number of urea groups is 1. The van der Waals surface area contributed by atoms with Gasteiger partial charge in [-0.15, -0.1) is 0 Å². The van der Waals surface area contributed by atoms with Gasteiger partial charge in [-0.1, -0.05) is 6.58 Å². The van der Waals surface area contributed by atoms with Gasteiger partial charge in [-0.3, -0.25) is 4.79 Å². The van der Waals surface area contributed by atoms with Gasteiger partial charge in [0.1, 0.15) is 11.3 Å². The van der Waals surface area contributed by atoms with Gasteiger partial charge in [0.2, 0.25) is 0 Å². The highest BCUT2D eigenvalue weighted by Gasteiger charge is 2.32. The molecule has 1 fully saturated rings. The maximum Gasteiger partial charge on any atom is 0.410 e. The Morgan fingerprint density at radius 3 is 2.67 bits per heavy atom. The zero-order chi connectivity index (χ0) is 18.1. The molecule has 1 unspecified atom stereocenters. The minimum atomic E-state index is -0.572. The van der Waals surface area contributed by atoms with Crippen LogP contribution in [-0.4, -0.2) is 47.7 Å². The Morgan fingerprint density at radius 2 is 2.04 bits per heavy atom. The molecule has 9 nitrogen and oxygen atoms in total. The second kappa shape index (κ2) is 6.42. The number of likely N-dealkylation sites (tertiary alicyclic amines) is 1. The van der Waals surface area contributed by atoms with Crippen LogP contribution in [0.5, 0.6) is 0 Å². The number of carbonyl (C=O) groups is 3. The molecule has 24 heavy (non-hydrogen) atoms. The quantitative estimate of drug-likeness (QED) is 0.569. The highest BCUT2D eigenvalue weighted by Crippen LogP contribution is 2.16. The summed E-state index contributed by atoms with van der Waals surface area (Å²) in [6.07, 6.45) is 0.173. The number of nitrogens with two attached hydrogens (primary N) is 1. The van der Waals surface area contributed by atoms with Gasteiger partial charge in [0, 0.05) is 19.1 Å². The van der Waals surface area contributed by atoms with E-state index in [4.69, 9.17) is 10.5 Å². The van der Waals surface area contributed by atoms with Crippen molar-refractivity contribution in [3.63, 3.8) is 0 Å². The summed E-state index contributed by atoms with van der Waals surface area (Å²) < 4.78 is 5.30. The molecule has 0 spiro atoms. The van der Waals surface area contributed by atoms with Crippen molar-refractivity contribution in [3.8, 4) is 0 Å². The summed E-state index contributed by atoms with van der Waals surface area (Å²) in [4.78, 5) is 37.3. The number of nitrogens with one attached hydrogen (secondary N) is 3. The summed E-state index contributed by atoms with van der Waals surface area (Å²) in [6, 6.07) is -0.813. The van der Waals surface area contributed by atoms with Gasteiger partial charge in [-0.25, -0.2) is 9.59 Å². The zero-order valence-corrected chi connectivity index (χ0v) is 14.1. The van der Waals surface area contributed by atoms with Crippen LogP contribution in [0.15, 0.2) is 23.7 Å². The highest BCUT2D eigenvalue weighted by atomic mass is 16.6. The number of ether oxygens (including phenoxy) is 1. The Balaban J connectivity index is 1.94. The number of rotatable bonds is 2. The molecule has 2 heterocycles. The topological polar surface area (TPSA) is 126 Å². The molecule has 1 saturated heterocycles. The van der Waals surface area contributed by atoms with Crippen LogP contribution in [0.4, 0.5) is 9.59 Å². The lowest BCUT2D eigenvalue weighted by molar-refractivity contribution is -0.118. The van der Waals surface area contributed by atoms with Crippen molar-refractivity contribution in [1.82, 2.24) is 20.9 Å². The summed E-state index contributed by atoms with van der Waals surface area (Å²) in [5.41, 5.74) is 5.40. The molecule has 0 saturated carbocycles. The molecule has 132 valence electrons. The fourth-order valence-corrected chi connectivity index (χ4v) is 2.37. The van der Waals surface area contributed by atoms with Crippen molar-refractivity contribution in [2.24, 2.45) is 5.73 Å². The van der Waals surface area contributed by atoms with Crippen molar-refractivity contribution >= 4 is 18.0 Å². The normalized spacial score (nSPS) is 21.3. The first-order valence-electron chi connectivity index (χ1n) is 7.62. The maximum absolute atomic E-state index is 12.3. The van der Waals surface area contributed by atoms with Crippen molar-refractivity contribution in [2.75, 3.05) is 13.1 Å². The van der Waals surface area contributed by atoms with Gasteiger partial charge in [-0.05, 0) is 27.2 Å². The summed E-state index contributed by atoms with van der Waals surface area (Å²) in [6.45, 7) is 9.77. The number of hydrogen-bond acceptors (Lipinski definition) is 5. The van der Waals surface area contributed by atoms with Crippen molar-refractivity contribution < 1.29 is 19.1 Å². The largest absolute Gasteiger partial charge is 0.444 e. The number of nitrogens with zero attached hydrogens (tertiary/aromatic N) is 1. The third-order valence-electron chi connectivity index (χ3n) is 3.50. The average molecular weight is 337 g/mol. The van der Waals surface area contributed by atoms with Gasteiger partial charge < -0.3 is 31.3 Å². The van der Waals surface area contributed by atoms with Gasteiger partial charge in [-0.2, -0.15) is 0 Å². The van der Waals surface area contributed by atoms with Gasteiger partial charge in [0.15, 0.2) is 0 Å². The van der Waals surface area contributed by atoms with Crippen LogP contribution >= 0.6 is 0 Å². The fourth-order valence-electron chi connectivity index (χ4n) is 2.37. The van der Waals surface area contributed by atoms with Crippen LogP contribution in [0.1, 0.15) is 27.2 Å². The number of carbonyl (C=O) groups excluding carboxylic acids is 3. The monoisotopic (exact) mass is 337 g/mol. The number of amides is 4. The van der Waals surface area contributed by atoms with Crippen LogP contribution in [-0.2, 0) is 9.53 Å². The third kappa shape index (κ3) is 4.18. The molecule has 5 N–H and O–H groups in total. The average Bonchev–Trinajstić information content (AvgIpc) is 2.89. The van der Waals surface area contributed by atoms with Crippen LogP contribution in [0.2, 0.25) is 0 Å². The Kier molecular flexibility index (Phi) is 4.72. The first-order chi connectivity index (χ1) is 11.1. The maximum atomic E-state index is 12.3. The zero-order valence-electron chi connectivity index (χ0n) is 14.1. The minimum Gasteiger partial charge on any atom is -0.444 e. The Hall–Kier alpha value is -2.71. The highest BCUT2D eigenvalue weighted by molar-refractivity contribution is 6.00. The molecule has 2 aliphatic rings. The van der Waals surface area contributed by atoms with Crippen molar-refractivity contribution in [2.45, 2.75) is 38.8 Å². The SMILES string of the molecule is C=C1NC(=O)NC(C(=O)NC2CCN(C(=O)OC(C)(C)C)C2)=C1N. The minimum absolute atomic E-state index is 0.0422. The van der Waals surface area contributed by atoms with E-state index in [1.54, 1.807) is 20.8 Å². The first kappa shape index (κ1) is 17.6. The lowest BCUT2D eigenvalue weighted by atomic mass is 10.2. The van der Waals surface area contributed by atoms with Gasteiger partial charge in [0.05, 0.1) is 11.4 Å². The molecule has 0 aromatic heterocycles. The summed E-state index contributed by atoms with van der Waals surface area (Å²) in [7, 11) is 0. The molecule has 1 atom stereocenters. The van der Waals surface area contributed by atoms with Crippen LogP contribution in [0, 0.1) is 0 Å². The fraction of sp³-hybridized carbons (Fsp3) is 0.533. The van der Waals surface area contributed by atoms with Crippen molar-refractivity contribution in [1.29, 1.82) is 0 Å². The molecule has 0 radical (unpaired) electrons. The van der Waals surface area contributed by atoms with E-state index in [0.29, 0.717) is 19.5 Å². The molecule has 0 aromatic rings. The molecule has 0 bridgehead atoms. The molecule has 0 aromatic carbocycles. The summed E-state index contributed by atoms with van der Waals surface area (Å²) in [5.74, 6) is -0.514. The van der Waals surface area contributed by atoms with Crippen LogP contribution in [0.25, 0.3) is 0 Å². The van der Waals surface area contributed by atoms with Crippen LogP contribution < -0.4 is 21.7 Å². The van der Waals surface area contributed by atoms with E-state index >= 15 is 0 Å². The van der Waals surface area contributed by atoms with E-state index in [1.165, 1.54) is 4.90 Å². The van der Waals surface area contributed by atoms with E-state index in [0.717, 1.165) is 0 Å². The molecule has 4 amide bonds. The first-order valence-corrected chi connectivity index (χ1v) is 7.62. The second-order valence-electron chi connectivity index (χ2n) is 6.73. The molecule has 0 aliphatic carbocycles. The lowest BCUT2D eigenvalue weighted by Gasteiger charge is -2.25. The van der Waals surface area contributed by atoms with E-state index in [2.05, 4.69) is 22.5 Å². The van der Waals surface area contributed by atoms with Crippen LogP contribution in [0.3, 0.4) is 0 Å². The summed E-state index contributed by atoms with van der Waals surface area (Å²) >= 11 is 0. The predicted molar refractivity (Wildman–Crippen MR) is 86.4 cm³/mol. The third-order valence-corrected chi connectivity index (χ3v) is 3.50. The molecular formula is C15H23N5O4. The van der Waals surface area contributed by atoms with E-state index < -0.39 is 23.6 Å². The lowest BCUT2D eigenvalue weighted by Crippen LogP contribution is -2.49. The Bertz CT molecular complexity index is 620. The molecule has 9 heteroatoms. The standard InChI is InChI=1S/C15H23N5O4/c1-8-10(16)11(19-13(22)17-8)12(21)18-9-5-6-20(7-9)14(23)24-15(2,3)4/h9H,1,5-7,16H2,2-4H3,(H,18,21)(H2,17,19,22). The number of hydrogen-bond donors (Lipinski definition) is 4. The molecule has 2 aliphatic heterocycles. The van der Waals surface area contributed by atoms with E-state index in [1.807, 2.05) is 0 Å². The van der Waals surface area contributed by atoms with E-state index in [9.17, 15) is 14.4 Å². The van der Waals surface area contributed by atoms with E-state index in [-0.39, 0.29) is 23.1 Å². The smallest absolute Gasteiger partial charge is 0.410 e.